The predicted octanol–water partition coefficient (Wildman–Crippen LogP) is 1.13. The lowest BCUT2D eigenvalue weighted by atomic mass is 10.0. The van der Waals surface area contributed by atoms with Crippen LogP contribution in [0.5, 0.6) is 0 Å². The summed E-state index contributed by atoms with van der Waals surface area (Å²) in [5, 5.41) is 3.07. The van der Waals surface area contributed by atoms with Gasteiger partial charge in [-0.05, 0) is 56.7 Å². The Morgan fingerprint density at radius 3 is 2.39 bits per heavy atom. The van der Waals surface area contributed by atoms with Crippen molar-refractivity contribution in [3.05, 3.63) is 29.3 Å². The fourth-order valence-electron chi connectivity index (χ4n) is 3.55. The third-order valence-corrected chi connectivity index (χ3v) is 7.43. The zero-order valence-electron chi connectivity index (χ0n) is 17.9. The highest BCUT2D eigenvalue weighted by Crippen LogP contribution is 2.21. The standard InChI is InChI=1S/C21H35N3O3S/c1-16(2)6-9-19(5)22-21(25)15-23-10-12-24(13-11-23)28(26,27)20-14-17(3)7-8-18(20)4/h7-8,14,16,19H,6,9-13,15H2,1-5H3,(H,22,25)/p+1/t19-/m0/s1. The first kappa shape index (κ1) is 22.8. The fraction of sp³-hybridized carbons (Fsp3) is 0.667. The van der Waals surface area contributed by atoms with Crippen molar-refractivity contribution in [1.82, 2.24) is 9.62 Å². The molecule has 1 atom stereocenters. The van der Waals surface area contributed by atoms with E-state index in [0.717, 1.165) is 28.9 Å². The molecule has 0 radical (unpaired) electrons. The molecule has 1 aromatic carbocycles. The summed E-state index contributed by atoms with van der Waals surface area (Å²) in [6.07, 6.45) is 2.09. The van der Waals surface area contributed by atoms with Crippen LogP contribution < -0.4 is 10.2 Å². The number of piperazine rings is 1. The molecule has 1 saturated heterocycles. The Bertz CT molecular complexity index is 769. The highest BCUT2D eigenvalue weighted by atomic mass is 32.2. The Morgan fingerprint density at radius 1 is 1.14 bits per heavy atom. The van der Waals surface area contributed by atoms with Crippen molar-refractivity contribution in [2.45, 2.75) is 58.4 Å². The summed E-state index contributed by atoms with van der Waals surface area (Å²) in [4.78, 5) is 13.8. The van der Waals surface area contributed by atoms with E-state index in [-0.39, 0.29) is 11.9 Å². The number of amides is 1. The van der Waals surface area contributed by atoms with E-state index < -0.39 is 10.0 Å². The van der Waals surface area contributed by atoms with Crippen LogP contribution in [0, 0.1) is 19.8 Å². The van der Waals surface area contributed by atoms with Gasteiger partial charge in [0.1, 0.15) is 0 Å². The number of rotatable bonds is 8. The first-order chi connectivity index (χ1) is 13.1. The highest BCUT2D eigenvalue weighted by Gasteiger charge is 2.32. The van der Waals surface area contributed by atoms with Crippen LogP contribution in [0.4, 0.5) is 0 Å². The molecule has 0 aliphatic carbocycles. The van der Waals surface area contributed by atoms with Gasteiger partial charge >= 0.3 is 0 Å². The average molecular weight is 411 g/mol. The zero-order valence-corrected chi connectivity index (χ0v) is 18.7. The van der Waals surface area contributed by atoms with Gasteiger partial charge in [-0.25, -0.2) is 8.42 Å². The molecule has 0 unspecified atom stereocenters. The van der Waals surface area contributed by atoms with Crippen molar-refractivity contribution >= 4 is 15.9 Å². The molecular weight excluding hydrogens is 374 g/mol. The van der Waals surface area contributed by atoms with Gasteiger partial charge in [-0.3, -0.25) is 4.79 Å². The minimum atomic E-state index is -3.48. The lowest BCUT2D eigenvalue weighted by Crippen LogP contribution is -3.15. The molecule has 1 aliphatic rings. The molecular formula is C21H36N3O3S+. The summed E-state index contributed by atoms with van der Waals surface area (Å²) in [5.41, 5.74) is 1.71. The van der Waals surface area contributed by atoms with E-state index in [4.69, 9.17) is 0 Å². The second-order valence-electron chi connectivity index (χ2n) is 8.54. The zero-order chi connectivity index (χ0) is 20.9. The molecule has 28 heavy (non-hydrogen) atoms. The van der Waals surface area contributed by atoms with Crippen LogP contribution in [-0.4, -0.2) is 57.4 Å². The van der Waals surface area contributed by atoms with Crippen molar-refractivity contribution in [2.75, 3.05) is 32.7 Å². The maximum Gasteiger partial charge on any atom is 0.275 e. The molecule has 1 heterocycles. The molecule has 0 saturated carbocycles. The van der Waals surface area contributed by atoms with Crippen LogP contribution in [0.25, 0.3) is 0 Å². The van der Waals surface area contributed by atoms with Crippen molar-refractivity contribution in [2.24, 2.45) is 5.92 Å². The Balaban J connectivity index is 1.87. The van der Waals surface area contributed by atoms with Gasteiger partial charge in [0.25, 0.3) is 5.91 Å². The first-order valence-corrected chi connectivity index (χ1v) is 11.7. The van der Waals surface area contributed by atoms with Gasteiger partial charge in [0, 0.05) is 6.04 Å². The second kappa shape index (κ2) is 9.85. The number of nitrogens with zero attached hydrogens (tertiary/aromatic N) is 1. The lowest BCUT2D eigenvalue weighted by Gasteiger charge is -2.31. The maximum atomic E-state index is 13.0. The lowest BCUT2D eigenvalue weighted by molar-refractivity contribution is -0.895. The molecule has 1 aliphatic heterocycles. The van der Waals surface area contributed by atoms with Gasteiger partial charge in [0.15, 0.2) is 6.54 Å². The van der Waals surface area contributed by atoms with E-state index in [1.54, 1.807) is 10.4 Å². The summed E-state index contributed by atoms with van der Waals surface area (Å²) in [6, 6.07) is 5.71. The number of sulfonamides is 1. The molecule has 1 aromatic rings. The highest BCUT2D eigenvalue weighted by molar-refractivity contribution is 7.89. The summed E-state index contributed by atoms with van der Waals surface area (Å²) in [7, 11) is -3.48. The Hall–Kier alpha value is -1.44. The van der Waals surface area contributed by atoms with Gasteiger partial charge < -0.3 is 10.2 Å². The summed E-state index contributed by atoms with van der Waals surface area (Å²) in [6.45, 7) is 12.8. The minimum absolute atomic E-state index is 0.0529. The molecule has 1 amide bonds. The number of aryl methyl sites for hydroxylation is 2. The van der Waals surface area contributed by atoms with E-state index in [1.807, 2.05) is 32.9 Å². The molecule has 2 N–H and O–H groups in total. The van der Waals surface area contributed by atoms with Crippen LogP contribution >= 0.6 is 0 Å². The van der Waals surface area contributed by atoms with Crippen LogP contribution in [0.3, 0.4) is 0 Å². The molecule has 6 nitrogen and oxygen atoms in total. The minimum Gasteiger partial charge on any atom is -0.349 e. The van der Waals surface area contributed by atoms with Gasteiger partial charge in [0.05, 0.1) is 31.1 Å². The molecule has 158 valence electrons. The third kappa shape index (κ3) is 6.29. The predicted molar refractivity (Wildman–Crippen MR) is 112 cm³/mol. The Kier molecular flexibility index (Phi) is 8.04. The van der Waals surface area contributed by atoms with E-state index >= 15 is 0 Å². The summed E-state index contributed by atoms with van der Waals surface area (Å²) < 4.78 is 27.6. The topological polar surface area (TPSA) is 70.9 Å². The van der Waals surface area contributed by atoms with Crippen LogP contribution in [0.1, 0.15) is 44.7 Å². The molecule has 1 fully saturated rings. The van der Waals surface area contributed by atoms with E-state index in [1.165, 1.54) is 0 Å². The molecule has 2 rings (SSSR count). The normalized spacial score (nSPS) is 17.6. The van der Waals surface area contributed by atoms with Crippen LogP contribution in [0.15, 0.2) is 23.1 Å². The van der Waals surface area contributed by atoms with E-state index in [9.17, 15) is 13.2 Å². The molecule has 0 aromatic heterocycles. The molecule has 7 heteroatoms. The average Bonchev–Trinajstić information content (AvgIpc) is 2.62. The number of benzene rings is 1. The maximum absolute atomic E-state index is 13.0. The van der Waals surface area contributed by atoms with Gasteiger partial charge in [-0.2, -0.15) is 4.31 Å². The number of nitrogens with one attached hydrogen (secondary N) is 2. The number of hydrogen-bond acceptors (Lipinski definition) is 3. The van der Waals surface area contributed by atoms with Gasteiger partial charge in [0.2, 0.25) is 10.0 Å². The second-order valence-corrected chi connectivity index (χ2v) is 10.4. The monoisotopic (exact) mass is 410 g/mol. The summed E-state index contributed by atoms with van der Waals surface area (Å²) in [5.74, 6) is 0.689. The van der Waals surface area contributed by atoms with Crippen molar-refractivity contribution in [1.29, 1.82) is 0 Å². The van der Waals surface area contributed by atoms with Crippen LogP contribution in [0.2, 0.25) is 0 Å². The number of carbonyl (C=O) groups excluding carboxylic acids is 1. The van der Waals surface area contributed by atoms with E-state index in [0.29, 0.717) is 43.5 Å². The quantitative estimate of drug-likeness (QED) is 0.675. The Labute approximate surface area is 170 Å². The van der Waals surface area contributed by atoms with Crippen molar-refractivity contribution < 1.29 is 18.1 Å². The number of hydrogen-bond donors (Lipinski definition) is 2. The number of quaternary nitrogens is 1. The molecule has 0 spiro atoms. The molecule has 0 bridgehead atoms. The van der Waals surface area contributed by atoms with E-state index in [2.05, 4.69) is 19.2 Å². The third-order valence-electron chi connectivity index (χ3n) is 5.39. The summed E-state index contributed by atoms with van der Waals surface area (Å²) >= 11 is 0. The number of carbonyl (C=O) groups is 1. The van der Waals surface area contributed by atoms with Gasteiger partial charge in [-0.15, -0.1) is 0 Å². The van der Waals surface area contributed by atoms with Crippen LogP contribution in [-0.2, 0) is 14.8 Å². The largest absolute Gasteiger partial charge is 0.349 e. The van der Waals surface area contributed by atoms with Crippen molar-refractivity contribution in [3.63, 3.8) is 0 Å². The van der Waals surface area contributed by atoms with Crippen molar-refractivity contribution in [3.8, 4) is 0 Å². The first-order valence-electron chi connectivity index (χ1n) is 10.3. The fourth-order valence-corrected chi connectivity index (χ4v) is 5.30. The Morgan fingerprint density at radius 2 is 1.79 bits per heavy atom. The SMILES string of the molecule is Cc1ccc(C)c(S(=O)(=O)N2CC[NH+](CC(=O)N[C@@H](C)CCC(C)C)CC2)c1. The van der Waals surface area contributed by atoms with Gasteiger partial charge in [-0.1, -0.05) is 26.0 Å². The smallest absolute Gasteiger partial charge is 0.275 e.